The summed E-state index contributed by atoms with van der Waals surface area (Å²) in [4.78, 5) is 32.3. The molecule has 0 radical (unpaired) electrons. The van der Waals surface area contributed by atoms with Crippen LogP contribution in [0.4, 0.5) is 5.13 Å². The van der Waals surface area contributed by atoms with Gasteiger partial charge in [-0.2, -0.15) is 0 Å². The Morgan fingerprint density at radius 3 is 2.65 bits per heavy atom. The normalized spacial score (nSPS) is 10.3. The Balaban J connectivity index is 1.42. The molecule has 0 bridgehead atoms. The van der Waals surface area contributed by atoms with Gasteiger partial charge in [-0.15, -0.1) is 11.3 Å². The van der Waals surface area contributed by atoms with Gasteiger partial charge in [0.2, 0.25) is 11.8 Å². The number of anilines is 1. The standard InChI is InChI=1S/C19H18N4O2S/c24-17(8-10-21-18(25)11-14-5-2-1-3-6-14)23-19-22-16(13-26-19)15-7-4-9-20-12-15/h1-7,9,12-13H,8,10-11H2,(H,21,25)(H,22,23,24). The number of aromatic nitrogens is 2. The summed E-state index contributed by atoms with van der Waals surface area (Å²) in [6, 6.07) is 13.2. The van der Waals surface area contributed by atoms with Crippen LogP contribution in [-0.2, 0) is 16.0 Å². The van der Waals surface area contributed by atoms with Gasteiger partial charge in [0.1, 0.15) is 0 Å². The molecule has 2 heterocycles. The molecular formula is C19H18N4O2S. The van der Waals surface area contributed by atoms with Crippen molar-refractivity contribution >= 4 is 28.3 Å². The molecule has 0 unspecified atom stereocenters. The smallest absolute Gasteiger partial charge is 0.227 e. The van der Waals surface area contributed by atoms with Crippen LogP contribution >= 0.6 is 11.3 Å². The quantitative estimate of drug-likeness (QED) is 0.673. The zero-order valence-corrected chi connectivity index (χ0v) is 14.8. The average Bonchev–Trinajstić information content (AvgIpc) is 3.11. The Morgan fingerprint density at radius 1 is 1.04 bits per heavy atom. The monoisotopic (exact) mass is 366 g/mol. The number of carbonyl (C=O) groups is 2. The predicted octanol–water partition coefficient (Wildman–Crippen LogP) is 2.89. The van der Waals surface area contributed by atoms with E-state index in [1.54, 1.807) is 12.4 Å². The Labute approximate surface area is 155 Å². The number of benzene rings is 1. The highest BCUT2D eigenvalue weighted by Crippen LogP contribution is 2.24. The number of rotatable bonds is 7. The molecule has 26 heavy (non-hydrogen) atoms. The minimum atomic E-state index is -0.183. The molecule has 7 heteroatoms. The summed E-state index contributed by atoms with van der Waals surface area (Å²) in [7, 11) is 0. The van der Waals surface area contributed by atoms with E-state index < -0.39 is 0 Å². The van der Waals surface area contributed by atoms with E-state index in [1.165, 1.54) is 11.3 Å². The minimum Gasteiger partial charge on any atom is -0.355 e. The van der Waals surface area contributed by atoms with Gasteiger partial charge in [-0.3, -0.25) is 14.6 Å². The first kappa shape index (κ1) is 17.8. The van der Waals surface area contributed by atoms with Crippen LogP contribution in [-0.4, -0.2) is 28.3 Å². The van der Waals surface area contributed by atoms with Gasteiger partial charge in [0.15, 0.2) is 5.13 Å². The molecule has 0 aliphatic carbocycles. The fourth-order valence-electron chi connectivity index (χ4n) is 2.32. The van der Waals surface area contributed by atoms with E-state index in [0.717, 1.165) is 16.8 Å². The summed E-state index contributed by atoms with van der Waals surface area (Å²) in [6.45, 7) is 0.290. The van der Waals surface area contributed by atoms with Crippen molar-refractivity contribution in [2.75, 3.05) is 11.9 Å². The van der Waals surface area contributed by atoms with Gasteiger partial charge in [-0.05, 0) is 17.7 Å². The summed E-state index contributed by atoms with van der Waals surface area (Å²) in [6.07, 6.45) is 3.93. The lowest BCUT2D eigenvalue weighted by molar-refractivity contribution is -0.120. The first-order chi connectivity index (χ1) is 12.7. The van der Waals surface area contributed by atoms with Crippen LogP contribution in [0, 0.1) is 0 Å². The lowest BCUT2D eigenvalue weighted by Crippen LogP contribution is -2.28. The van der Waals surface area contributed by atoms with Gasteiger partial charge < -0.3 is 10.6 Å². The van der Waals surface area contributed by atoms with Crippen LogP contribution in [0.2, 0.25) is 0 Å². The number of hydrogen-bond acceptors (Lipinski definition) is 5. The zero-order valence-electron chi connectivity index (χ0n) is 14.0. The maximum atomic E-state index is 12.0. The van der Waals surface area contributed by atoms with Crippen molar-refractivity contribution in [2.45, 2.75) is 12.8 Å². The summed E-state index contributed by atoms with van der Waals surface area (Å²) in [5.41, 5.74) is 2.62. The molecule has 3 aromatic rings. The van der Waals surface area contributed by atoms with Crippen LogP contribution in [0.1, 0.15) is 12.0 Å². The van der Waals surface area contributed by atoms with Crippen molar-refractivity contribution in [1.82, 2.24) is 15.3 Å². The van der Waals surface area contributed by atoms with Gasteiger partial charge >= 0.3 is 0 Å². The van der Waals surface area contributed by atoms with Crippen molar-refractivity contribution in [3.63, 3.8) is 0 Å². The highest BCUT2D eigenvalue weighted by Gasteiger charge is 2.09. The Morgan fingerprint density at radius 2 is 1.88 bits per heavy atom. The third-order valence-electron chi connectivity index (χ3n) is 3.59. The second-order valence-electron chi connectivity index (χ2n) is 5.59. The number of thiazole rings is 1. The fourth-order valence-corrected chi connectivity index (χ4v) is 3.05. The molecule has 2 aromatic heterocycles. The van der Waals surface area contributed by atoms with E-state index in [0.29, 0.717) is 18.1 Å². The van der Waals surface area contributed by atoms with Gasteiger partial charge in [0.25, 0.3) is 0 Å². The Kier molecular flexibility index (Phi) is 6.05. The maximum absolute atomic E-state index is 12.0. The Hall–Kier alpha value is -3.06. The first-order valence-electron chi connectivity index (χ1n) is 8.17. The third kappa shape index (κ3) is 5.22. The Bertz CT molecular complexity index is 866. The van der Waals surface area contributed by atoms with Crippen LogP contribution in [0.3, 0.4) is 0 Å². The molecule has 3 rings (SSSR count). The topological polar surface area (TPSA) is 84.0 Å². The van der Waals surface area contributed by atoms with Crippen LogP contribution in [0.15, 0.2) is 60.2 Å². The predicted molar refractivity (Wildman–Crippen MR) is 102 cm³/mol. The van der Waals surface area contributed by atoms with E-state index in [-0.39, 0.29) is 18.2 Å². The van der Waals surface area contributed by atoms with Crippen molar-refractivity contribution in [3.05, 3.63) is 65.8 Å². The van der Waals surface area contributed by atoms with Crippen molar-refractivity contribution < 1.29 is 9.59 Å². The summed E-state index contributed by atoms with van der Waals surface area (Å²) >= 11 is 1.36. The zero-order chi connectivity index (χ0) is 18.2. The molecule has 6 nitrogen and oxygen atoms in total. The van der Waals surface area contributed by atoms with Gasteiger partial charge in [0.05, 0.1) is 12.1 Å². The molecule has 0 aliphatic heterocycles. The molecular weight excluding hydrogens is 348 g/mol. The van der Waals surface area contributed by atoms with Crippen LogP contribution in [0.25, 0.3) is 11.3 Å². The molecule has 2 amide bonds. The van der Waals surface area contributed by atoms with E-state index in [4.69, 9.17) is 0 Å². The van der Waals surface area contributed by atoms with E-state index in [9.17, 15) is 9.59 Å². The van der Waals surface area contributed by atoms with Crippen molar-refractivity contribution in [2.24, 2.45) is 0 Å². The largest absolute Gasteiger partial charge is 0.355 e. The summed E-state index contributed by atoms with van der Waals surface area (Å²) in [5, 5.41) is 7.91. The summed E-state index contributed by atoms with van der Waals surface area (Å²) in [5.74, 6) is -0.283. The lowest BCUT2D eigenvalue weighted by atomic mass is 10.1. The van der Waals surface area contributed by atoms with Crippen molar-refractivity contribution in [1.29, 1.82) is 0 Å². The maximum Gasteiger partial charge on any atom is 0.227 e. The highest BCUT2D eigenvalue weighted by atomic mass is 32.1. The minimum absolute atomic E-state index is 0.0999. The highest BCUT2D eigenvalue weighted by molar-refractivity contribution is 7.14. The molecule has 2 N–H and O–H groups in total. The van der Waals surface area contributed by atoms with E-state index >= 15 is 0 Å². The molecule has 0 atom stereocenters. The lowest BCUT2D eigenvalue weighted by Gasteiger charge is -2.05. The third-order valence-corrected chi connectivity index (χ3v) is 4.35. The van der Waals surface area contributed by atoms with Crippen LogP contribution < -0.4 is 10.6 Å². The van der Waals surface area contributed by atoms with Crippen LogP contribution in [0.5, 0.6) is 0 Å². The number of nitrogens with one attached hydrogen (secondary N) is 2. The molecule has 132 valence electrons. The van der Waals surface area contributed by atoms with E-state index in [1.807, 2.05) is 47.8 Å². The molecule has 1 aromatic carbocycles. The molecule has 0 saturated heterocycles. The number of amides is 2. The first-order valence-corrected chi connectivity index (χ1v) is 9.05. The second kappa shape index (κ2) is 8.87. The van der Waals surface area contributed by atoms with E-state index in [2.05, 4.69) is 20.6 Å². The fraction of sp³-hybridized carbons (Fsp3) is 0.158. The number of carbonyl (C=O) groups excluding carboxylic acids is 2. The number of hydrogen-bond donors (Lipinski definition) is 2. The van der Waals surface area contributed by atoms with Gasteiger partial charge in [-0.1, -0.05) is 30.3 Å². The van der Waals surface area contributed by atoms with Gasteiger partial charge in [-0.25, -0.2) is 4.98 Å². The molecule has 0 spiro atoms. The molecule has 0 fully saturated rings. The summed E-state index contributed by atoms with van der Waals surface area (Å²) < 4.78 is 0. The average molecular weight is 366 g/mol. The second-order valence-corrected chi connectivity index (χ2v) is 6.45. The number of nitrogens with zero attached hydrogens (tertiary/aromatic N) is 2. The van der Waals surface area contributed by atoms with Gasteiger partial charge in [0, 0.05) is 36.3 Å². The number of pyridine rings is 1. The SMILES string of the molecule is O=C(Cc1ccccc1)NCCC(=O)Nc1nc(-c2cccnc2)cs1. The molecule has 0 aliphatic rings. The molecule has 0 saturated carbocycles. The van der Waals surface area contributed by atoms with Crippen molar-refractivity contribution in [3.8, 4) is 11.3 Å².